The van der Waals surface area contributed by atoms with Crippen molar-refractivity contribution < 1.29 is 0 Å². The SMILES string of the molecule is CCC(C)c1ccc(NC(C)c2ccccc2)cc1. The molecule has 0 amide bonds. The van der Waals surface area contributed by atoms with Crippen molar-refractivity contribution in [2.24, 2.45) is 0 Å². The summed E-state index contributed by atoms with van der Waals surface area (Å²) < 4.78 is 0. The largest absolute Gasteiger partial charge is 0.379 e. The normalized spacial score (nSPS) is 13.8. The molecule has 0 fully saturated rings. The van der Waals surface area contributed by atoms with Crippen molar-refractivity contribution in [1.82, 2.24) is 0 Å². The second-order valence-corrected chi connectivity index (χ2v) is 5.21. The average Bonchev–Trinajstić information content (AvgIpc) is 2.48. The summed E-state index contributed by atoms with van der Waals surface area (Å²) in [5, 5.41) is 3.54. The van der Waals surface area contributed by atoms with Crippen LogP contribution in [0.1, 0.15) is 50.3 Å². The van der Waals surface area contributed by atoms with E-state index in [4.69, 9.17) is 0 Å². The van der Waals surface area contributed by atoms with Gasteiger partial charge in [-0.2, -0.15) is 0 Å². The minimum atomic E-state index is 0.329. The molecule has 0 saturated carbocycles. The van der Waals surface area contributed by atoms with Crippen molar-refractivity contribution in [1.29, 1.82) is 0 Å². The van der Waals surface area contributed by atoms with Crippen molar-refractivity contribution in [3.8, 4) is 0 Å². The van der Waals surface area contributed by atoms with E-state index in [2.05, 4.69) is 80.7 Å². The van der Waals surface area contributed by atoms with Gasteiger partial charge in [0, 0.05) is 11.7 Å². The summed E-state index contributed by atoms with van der Waals surface area (Å²) in [6, 6.07) is 19.7. The zero-order valence-corrected chi connectivity index (χ0v) is 12.1. The van der Waals surface area contributed by atoms with Gasteiger partial charge in [0.1, 0.15) is 0 Å². The third kappa shape index (κ3) is 3.60. The molecular weight excluding hydrogens is 230 g/mol. The summed E-state index contributed by atoms with van der Waals surface area (Å²) in [5.74, 6) is 0.639. The van der Waals surface area contributed by atoms with Crippen LogP contribution in [-0.2, 0) is 0 Å². The molecule has 100 valence electrons. The van der Waals surface area contributed by atoms with Crippen molar-refractivity contribution in [2.75, 3.05) is 5.32 Å². The van der Waals surface area contributed by atoms with E-state index in [-0.39, 0.29) is 0 Å². The summed E-state index contributed by atoms with van der Waals surface area (Å²) in [7, 11) is 0. The molecule has 0 heterocycles. The zero-order chi connectivity index (χ0) is 13.7. The second kappa shape index (κ2) is 6.42. The van der Waals surface area contributed by atoms with Crippen molar-refractivity contribution in [3.63, 3.8) is 0 Å². The third-order valence-corrected chi connectivity index (χ3v) is 3.77. The number of nitrogens with one attached hydrogen (secondary N) is 1. The Morgan fingerprint density at radius 2 is 1.47 bits per heavy atom. The Labute approximate surface area is 116 Å². The van der Waals surface area contributed by atoms with Gasteiger partial charge in [0.2, 0.25) is 0 Å². The fraction of sp³-hybridized carbons (Fsp3) is 0.333. The van der Waals surface area contributed by atoms with Gasteiger partial charge in [0.25, 0.3) is 0 Å². The fourth-order valence-corrected chi connectivity index (χ4v) is 2.22. The van der Waals surface area contributed by atoms with Gasteiger partial charge in [-0.25, -0.2) is 0 Å². The van der Waals surface area contributed by atoms with Crippen LogP contribution in [0.25, 0.3) is 0 Å². The lowest BCUT2D eigenvalue weighted by molar-refractivity contribution is 0.733. The highest BCUT2D eigenvalue weighted by atomic mass is 14.9. The van der Waals surface area contributed by atoms with Crippen LogP contribution in [0.3, 0.4) is 0 Å². The number of anilines is 1. The van der Waals surface area contributed by atoms with Crippen molar-refractivity contribution >= 4 is 5.69 Å². The lowest BCUT2D eigenvalue weighted by atomic mass is 9.98. The Morgan fingerprint density at radius 1 is 0.842 bits per heavy atom. The van der Waals surface area contributed by atoms with Crippen LogP contribution in [0.4, 0.5) is 5.69 Å². The van der Waals surface area contributed by atoms with Gasteiger partial charge in [-0.3, -0.25) is 0 Å². The summed E-state index contributed by atoms with van der Waals surface area (Å²) >= 11 is 0. The standard InChI is InChI=1S/C18H23N/c1-4-14(2)16-10-12-18(13-11-16)19-15(3)17-8-6-5-7-9-17/h5-15,19H,4H2,1-3H3. The van der Waals surface area contributed by atoms with E-state index in [0.29, 0.717) is 12.0 Å². The Hall–Kier alpha value is -1.76. The van der Waals surface area contributed by atoms with E-state index < -0.39 is 0 Å². The molecule has 2 atom stereocenters. The topological polar surface area (TPSA) is 12.0 Å². The Bertz CT molecular complexity index is 487. The Morgan fingerprint density at radius 3 is 2.05 bits per heavy atom. The first-order valence-electron chi connectivity index (χ1n) is 7.12. The number of hydrogen-bond donors (Lipinski definition) is 1. The zero-order valence-electron chi connectivity index (χ0n) is 12.1. The molecule has 0 aromatic heterocycles. The predicted molar refractivity (Wildman–Crippen MR) is 83.6 cm³/mol. The first kappa shape index (κ1) is 13.7. The minimum Gasteiger partial charge on any atom is -0.379 e. The van der Waals surface area contributed by atoms with Gasteiger partial charge in [-0.05, 0) is 42.5 Å². The maximum Gasteiger partial charge on any atom is 0.0485 e. The summed E-state index contributed by atoms with van der Waals surface area (Å²) in [5.41, 5.74) is 3.91. The van der Waals surface area contributed by atoms with E-state index in [1.165, 1.54) is 23.2 Å². The highest BCUT2D eigenvalue weighted by Crippen LogP contribution is 2.23. The highest BCUT2D eigenvalue weighted by Gasteiger charge is 2.06. The summed E-state index contributed by atoms with van der Waals surface area (Å²) in [4.78, 5) is 0. The average molecular weight is 253 g/mol. The maximum atomic E-state index is 3.54. The van der Waals surface area contributed by atoms with E-state index in [0.717, 1.165) is 0 Å². The molecule has 1 nitrogen and oxygen atoms in total. The Kier molecular flexibility index (Phi) is 4.62. The maximum absolute atomic E-state index is 3.54. The van der Waals surface area contributed by atoms with Crippen LogP contribution >= 0.6 is 0 Å². The molecule has 2 aromatic carbocycles. The van der Waals surface area contributed by atoms with Crippen LogP contribution in [0.5, 0.6) is 0 Å². The van der Waals surface area contributed by atoms with E-state index in [9.17, 15) is 0 Å². The smallest absolute Gasteiger partial charge is 0.0485 e. The van der Waals surface area contributed by atoms with Crippen LogP contribution in [-0.4, -0.2) is 0 Å². The molecule has 1 heteroatoms. The van der Waals surface area contributed by atoms with Crippen LogP contribution in [0.15, 0.2) is 54.6 Å². The van der Waals surface area contributed by atoms with Gasteiger partial charge in [-0.1, -0.05) is 56.3 Å². The van der Waals surface area contributed by atoms with Crippen molar-refractivity contribution in [3.05, 3.63) is 65.7 Å². The molecule has 0 saturated heterocycles. The molecule has 0 aliphatic rings. The summed E-state index contributed by atoms with van der Waals surface area (Å²) in [6.45, 7) is 6.70. The molecule has 1 N–H and O–H groups in total. The van der Waals surface area contributed by atoms with E-state index >= 15 is 0 Å². The quantitative estimate of drug-likeness (QED) is 0.755. The van der Waals surface area contributed by atoms with Gasteiger partial charge in [-0.15, -0.1) is 0 Å². The van der Waals surface area contributed by atoms with Gasteiger partial charge >= 0.3 is 0 Å². The molecule has 2 aromatic rings. The third-order valence-electron chi connectivity index (χ3n) is 3.77. The molecule has 0 bridgehead atoms. The molecule has 19 heavy (non-hydrogen) atoms. The number of rotatable bonds is 5. The highest BCUT2D eigenvalue weighted by molar-refractivity contribution is 5.47. The number of benzene rings is 2. The van der Waals surface area contributed by atoms with Crippen molar-refractivity contribution in [2.45, 2.75) is 39.2 Å². The molecule has 0 aliphatic heterocycles. The van der Waals surface area contributed by atoms with E-state index in [1.807, 2.05) is 0 Å². The lowest BCUT2D eigenvalue weighted by Crippen LogP contribution is -2.06. The molecule has 2 rings (SSSR count). The fourth-order valence-electron chi connectivity index (χ4n) is 2.22. The molecule has 0 radical (unpaired) electrons. The molecular formula is C18H23N. The molecule has 0 spiro atoms. The monoisotopic (exact) mass is 253 g/mol. The van der Waals surface area contributed by atoms with Gasteiger partial charge in [0.05, 0.1) is 0 Å². The molecule has 0 aliphatic carbocycles. The van der Waals surface area contributed by atoms with Crippen LogP contribution in [0, 0.1) is 0 Å². The van der Waals surface area contributed by atoms with Crippen LogP contribution < -0.4 is 5.32 Å². The Balaban J connectivity index is 2.04. The predicted octanol–water partition coefficient (Wildman–Crippen LogP) is 5.37. The summed E-state index contributed by atoms with van der Waals surface area (Å²) in [6.07, 6.45) is 1.19. The first-order valence-corrected chi connectivity index (χ1v) is 7.12. The minimum absolute atomic E-state index is 0.329. The van der Waals surface area contributed by atoms with Gasteiger partial charge in [0.15, 0.2) is 0 Å². The lowest BCUT2D eigenvalue weighted by Gasteiger charge is -2.16. The van der Waals surface area contributed by atoms with Crippen LogP contribution in [0.2, 0.25) is 0 Å². The van der Waals surface area contributed by atoms with E-state index in [1.54, 1.807) is 0 Å². The second-order valence-electron chi connectivity index (χ2n) is 5.21. The number of hydrogen-bond acceptors (Lipinski definition) is 1. The molecule has 2 unspecified atom stereocenters. The first-order chi connectivity index (χ1) is 9.20. The van der Waals surface area contributed by atoms with Gasteiger partial charge < -0.3 is 5.32 Å².